The first-order chi connectivity index (χ1) is 10.8. The second kappa shape index (κ2) is 6.79. The summed E-state index contributed by atoms with van der Waals surface area (Å²) in [5.41, 5.74) is 3.53. The van der Waals surface area contributed by atoms with Crippen molar-refractivity contribution >= 4 is 0 Å². The molecule has 0 radical (unpaired) electrons. The van der Waals surface area contributed by atoms with Crippen molar-refractivity contribution in [2.45, 2.75) is 32.9 Å². The molecular formula is C18H22N2O2. The van der Waals surface area contributed by atoms with Crippen LogP contribution in [0.15, 0.2) is 36.5 Å². The molecule has 1 aromatic heterocycles. The molecule has 3 rings (SSSR count). The molecule has 1 atom stereocenters. The van der Waals surface area contributed by atoms with E-state index in [9.17, 15) is 0 Å². The van der Waals surface area contributed by atoms with E-state index in [0.717, 1.165) is 30.2 Å². The van der Waals surface area contributed by atoms with Crippen molar-refractivity contribution < 1.29 is 9.47 Å². The van der Waals surface area contributed by atoms with E-state index in [1.54, 1.807) is 0 Å². The zero-order valence-corrected chi connectivity index (χ0v) is 13.1. The molecule has 4 nitrogen and oxygen atoms in total. The van der Waals surface area contributed by atoms with Gasteiger partial charge in [-0.25, -0.2) is 0 Å². The molecule has 2 heterocycles. The maximum Gasteiger partial charge on any atom is 0.161 e. The summed E-state index contributed by atoms with van der Waals surface area (Å²) in [5, 5.41) is 3.61. The third-order valence-electron chi connectivity index (χ3n) is 3.89. The first-order valence-electron chi connectivity index (χ1n) is 7.80. The first kappa shape index (κ1) is 14.9. The highest BCUT2D eigenvalue weighted by molar-refractivity contribution is 5.44. The van der Waals surface area contributed by atoms with E-state index < -0.39 is 0 Å². The number of nitrogens with one attached hydrogen (secondary N) is 1. The van der Waals surface area contributed by atoms with Crippen LogP contribution in [0.25, 0.3) is 0 Å². The topological polar surface area (TPSA) is 43.4 Å². The molecule has 1 aromatic carbocycles. The predicted octanol–water partition coefficient (Wildman–Crippen LogP) is 3.40. The highest BCUT2D eigenvalue weighted by atomic mass is 16.6. The van der Waals surface area contributed by atoms with Crippen LogP contribution < -0.4 is 14.8 Å². The van der Waals surface area contributed by atoms with E-state index in [4.69, 9.17) is 9.47 Å². The summed E-state index contributed by atoms with van der Waals surface area (Å²) in [7, 11) is 0. The van der Waals surface area contributed by atoms with E-state index in [1.165, 1.54) is 11.1 Å². The summed E-state index contributed by atoms with van der Waals surface area (Å²) in [6, 6.07) is 10.7. The lowest BCUT2D eigenvalue weighted by Gasteiger charge is -2.22. The lowest BCUT2D eigenvalue weighted by molar-refractivity contribution is 0.171. The number of aryl methyl sites for hydroxylation is 1. The number of hydrogen-bond donors (Lipinski definition) is 1. The first-order valence-corrected chi connectivity index (χ1v) is 7.80. The van der Waals surface area contributed by atoms with Crippen molar-refractivity contribution in [3.63, 3.8) is 0 Å². The summed E-state index contributed by atoms with van der Waals surface area (Å²) in [5.74, 6) is 1.69. The molecule has 1 aliphatic heterocycles. The van der Waals surface area contributed by atoms with Crippen LogP contribution in [0.4, 0.5) is 0 Å². The Kier molecular flexibility index (Phi) is 4.59. The van der Waals surface area contributed by atoms with Gasteiger partial charge in [0.25, 0.3) is 0 Å². The van der Waals surface area contributed by atoms with E-state index in [1.807, 2.05) is 19.2 Å². The average Bonchev–Trinajstić information content (AvgIpc) is 2.55. The Hall–Kier alpha value is -2.07. The third-order valence-corrected chi connectivity index (χ3v) is 3.89. The molecule has 0 amide bonds. The highest BCUT2D eigenvalue weighted by Crippen LogP contribution is 2.33. The summed E-state index contributed by atoms with van der Waals surface area (Å²) < 4.78 is 11.3. The lowest BCUT2D eigenvalue weighted by Crippen LogP contribution is -2.21. The second-order valence-corrected chi connectivity index (χ2v) is 5.55. The van der Waals surface area contributed by atoms with Crippen LogP contribution in [0.3, 0.4) is 0 Å². The quantitative estimate of drug-likeness (QED) is 0.918. The second-order valence-electron chi connectivity index (χ2n) is 5.55. The normalized spacial score (nSPS) is 14.6. The minimum absolute atomic E-state index is 0.296. The SMILES string of the molecule is CCC(NCc1ccnc(C)c1)c1ccc2c(c1)OCCO2. The molecule has 2 aromatic rings. The van der Waals surface area contributed by atoms with Crippen molar-refractivity contribution in [3.8, 4) is 11.5 Å². The van der Waals surface area contributed by atoms with Crippen LogP contribution in [0, 0.1) is 6.92 Å². The Morgan fingerprint density at radius 2 is 1.95 bits per heavy atom. The molecule has 1 aliphatic rings. The number of fused-ring (bicyclic) bond motifs is 1. The summed E-state index contributed by atoms with van der Waals surface area (Å²) in [6.45, 7) is 6.28. The maximum absolute atomic E-state index is 5.68. The number of aromatic nitrogens is 1. The van der Waals surface area contributed by atoms with Crippen molar-refractivity contribution in [2.75, 3.05) is 13.2 Å². The Morgan fingerprint density at radius 1 is 1.14 bits per heavy atom. The molecule has 4 heteroatoms. The van der Waals surface area contributed by atoms with Gasteiger partial charge in [0.15, 0.2) is 11.5 Å². The van der Waals surface area contributed by atoms with E-state index >= 15 is 0 Å². The average molecular weight is 298 g/mol. The Labute approximate surface area is 131 Å². The molecule has 22 heavy (non-hydrogen) atoms. The van der Waals surface area contributed by atoms with Crippen LogP contribution in [0.5, 0.6) is 11.5 Å². The highest BCUT2D eigenvalue weighted by Gasteiger charge is 2.15. The fourth-order valence-corrected chi connectivity index (χ4v) is 2.73. The van der Waals surface area contributed by atoms with Crippen molar-refractivity contribution in [3.05, 3.63) is 53.3 Å². The van der Waals surface area contributed by atoms with Gasteiger partial charge in [0, 0.05) is 24.5 Å². The van der Waals surface area contributed by atoms with Gasteiger partial charge in [0.05, 0.1) is 0 Å². The molecule has 0 fully saturated rings. The van der Waals surface area contributed by atoms with Gasteiger partial charge in [-0.2, -0.15) is 0 Å². The van der Waals surface area contributed by atoms with Crippen molar-refractivity contribution in [1.82, 2.24) is 10.3 Å². The van der Waals surface area contributed by atoms with Gasteiger partial charge in [-0.05, 0) is 48.7 Å². The molecule has 0 aliphatic carbocycles. The lowest BCUT2D eigenvalue weighted by atomic mass is 10.0. The van der Waals surface area contributed by atoms with Gasteiger partial charge >= 0.3 is 0 Å². The third kappa shape index (κ3) is 3.39. The van der Waals surface area contributed by atoms with Gasteiger partial charge in [0.2, 0.25) is 0 Å². The molecule has 0 spiro atoms. The van der Waals surface area contributed by atoms with Crippen LogP contribution in [0.1, 0.15) is 36.2 Å². The Balaban J connectivity index is 1.71. The fourth-order valence-electron chi connectivity index (χ4n) is 2.73. The molecule has 1 unspecified atom stereocenters. The van der Waals surface area contributed by atoms with Crippen LogP contribution >= 0.6 is 0 Å². The summed E-state index contributed by atoms with van der Waals surface area (Å²) >= 11 is 0. The smallest absolute Gasteiger partial charge is 0.161 e. The zero-order chi connectivity index (χ0) is 15.4. The monoisotopic (exact) mass is 298 g/mol. The predicted molar refractivity (Wildman–Crippen MR) is 86.3 cm³/mol. The van der Waals surface area contributed by atoms with Crippen molar-refractivity contribution in [2.24, 2.45) is 0 Å². The number of benzene rings is 1. The largest absolute Gasteiger partial charge is 0.486 e. The number of pyridine rings is 1. The Morgan fingerprint density at radius 3 is 2.73 bits per heavy atom. The van der Waals surface area contributed by atoms with Crippen LogP contribution in [-0.2, 0) is 6.54 Å². The van der Waals surface area contributed by atoms with E-state index in [0.29, 0.717) is 19.3 Å². The maximum atomic E-state index is 5.68. The molecule has 0 bridgehead atoms. The zero-order valence-electron chi connectivity index (χ0n) is 13.1. The fraction of sp³-hybridized carbons (Fsp3) is 0.389. The number of rotatable bonds is 5. The van der Waals surface area contributed by atoms with Crippen LogP contribution in [0.2, 0.25) is 0 Å². The molecule has 0 saturated carbocycles. The minimum Gasteiger partial charge on any atom is -0.486 e. The number of nitrogens with zero attached hydrogens (tertiary/aromatic N) is 1. The van der Waals surface area contributed by atoms with E-state index in [-0.39, 0.29) is 0 Å². The molecule has 0 saturated heterocycles. The van der Waals surface area contributed by atoms with Gasteiger partial charge in [-0.15, -0.1) is 0 Å². The minimum atomic E-state index is 0.296. The summed E-state index contributed by atoms with van der Waals surface area (Å²) in [4.78, 5) is 4.24. The summed E-state index contributed by atoms with van der Waals surface area (Å²) in [6.07, 6.45) is 2.88. The Bertz CT molecular complexity index is 643. The van der Waals surface area contributed by atoms with Gasteiger partial charge in [-0.3, -0.25) is 4.98 Å². The van der Waals surface area contributed by atoms with Gasteiger partial charge < -0.3 is 14.8 Å². The van der Waals surface area contributed by atoms with Crippen molar-refractivity contribution in [1.29, 1.82) is 0 Å². The molecular weight excluding hydrogens is 276 g/mol. The standard InChI is InChI=1S/C18H22N2O2/c1-3-16(20-12-14-6-7-19-13(2)10-14)15-4-5-17-18(11-15)22-9-8-21-17/h4-7,10-11,16,20H,3,8-9,12H2,1-2H3. The van der Waals surface area contributed by atoms with Gasteiger partial charge in [-0.1, -0.05) is 13.0 Å². The van der Waals surface area contributed by atoms with Gasteiger partial charge in [0.1, 0.15) is 13.2 Å². The number of ether oxygens (including phenoxy) is 2. The van der Waals surface area contributed by atoms with Crippen LogP contribution in [-0.4, -0.2) is 18.2 Å². The molecule has 116 valence electrons. The van der Waals surface area contributed by atoms with E-state index in [2.05, 4.69) is 41.5 Å². The molecule has 1 N–H and O–H groups in total. The number of hydrogen-bond acceptors (Lipinski definition) is 4.